The number of halogens is 3. The molecular weight excluding hydrogens is 517 g/mol. The molecule has 1 aliphatic heterocycles. The molecule has 2 saturated carbocycles. The molecule has 39 heavy (non-hydrogen) atoms. The van der Waals surface area contributed by atoms with E-state index in [4.69, 9.17) is 9.47 Å². The predicted molar refractivity (Wildman–Crippen MR) is 133 cm³/mol. The van der Waals surface area contributed by atoms with Crippen molar-refractivity contribution in [2.24, 2.45) is 5.92 Å². The number of alkyl halides is 3. The molecule has 0 saturated heterocycles. The van der Waals surface area contributed by atoms with Crippen LogP contribution in [-0.2, 0) is 17.4 Å². The first-order valence-electron chi connectivity index (χ1n) is 12.2. The van der Waals surface area contributed by atoms with E-state index in [1.165, 1.54) is 18.3 Å². The average Bonchev–Trinajstić information content (AvgIpc) is 3.75. The van der Waals surface area contributed by atoms with Gasteiger partial charge in [-0.25, -0.2) is 9.78 Å². The number of pyridine rings is 1. The van der Waals surface area contributed by atoms with Gasteiger partial charge in [0.2, 0.25) is 5.91 Å². The zero-order valence-electron chi connectivity index (χ0n) is 20.6. The topological polar surface area (TPSA) is 122 Å². The first-order valence-corrected chi connectivity index (χ1v) is 12.2. The minimum Gasteiger partial charge on any atom is -0.508 e. The lowest BCUT2D eigenvalue weighted by Crippen LogP contribution is -2.36. The molecule has 12 heteroatoms. The summed E-state index contributed by atoms with van der Waals surface area (Å²) in [5.74, 6) is 0.996. The Bertz CT molecular complexity index is 1510. The summed E-state index contributed by atoms with van der Waals surface area (Å²) in [5, 5.41) is 18.6. The van der Waals surface area contributed by atoms with Crippen molar-refractivity contribution >= 4 is 23.4 Å². The van der Waals surface area contributed by atoms with Gasteiger partial charge in [0.25, 0.3) is 0 Å². The zero-order chi connectivity index (χ0) is 27.5. The van der Waals surface area contributed by atoms with Crippen molar-refractivity contribution in [2.75, 3.05) is 17.7 Å². The number of anilines is 2. The van der Waals surface area contributed by atoms with E-state index in [1.807, 2.05) is 0 Å². The van der Waals surface area contributed by atoms with Gasteiger partial charge < -0.3 is 30.5 Å². The maximum absolute atomic E-state index is 13.3. The predicted octanol–water partition coefficient (Wildman–Crippen LogP) is 5.17. The number of amides is 3. The Morgan fingerprint density at radius 2 is 1.97 bits per heavy atom. The Hall–Kier alpha value is -4.48. The number of carbonyl (C=O) groups excluding carboxylic acids is 2. The highest BCUT2D eigenvalue weighted by Crippen LogP contribution is 2.77. The summed E-state index contributed by atoms with van der Waals surface area (Å²) in [6.07, 6.45) is -1.61. The largest absolute Gasteiger partial charge is 0.508 e. The Morgan fingerprint density at radius 1 is 1.15 bits per heavy atom. The number of methoxy groups -OCH3 is 1. The number of nitrogens with zero attached hydrogens (tertiary/aromatic N) is 1. The fourth-order valence-corrected chi connectivity index (χ4v) is 5.33. The minimum atomic E-state index is -4.64. The summed E-state index contributed by atoms with van der Waals surface area (Å²) in [7, 11) is 1.14. The molecule has 0 radical (unpaired) electrons. The number of ether oxygens (including phenoxy) is 2. The van der Waals surface area contributed by atoms with Crippen LogP contribution in [0.25, 0.3) is 0 Å². The lowest BCUT2D eigenvalue weighted by molar-refractivity contribution is -0.138. The Morgan fingerprint density at radius 3 is 2.72 bits per heavy atom. The van der Waals surface area contributed by atoms with E-state index in [0.717, 1.165) is 24.8 Å². The van der Waals surface area contributed by atoms with Crippen LogP contribution >= 0.6 is 0 Å². The molecule has 1 aromatic heterocycles. The van der Waals surface area contributed by atoms with Crippen LogP contribution in [0.4, 0.5) is 29.5 Å². The first-order chi connectivity index (χ1) is 18.6. The van der Waals surface area contributed by atoms with Crippen LogP contribution in [0.3, 0.4) is 0 Å². The van der Waals surface area contributed by atoms with Crippen LogP contribution in [0, 0.1) is 5.92 Å². The number of fused-ring (bicyclic) bond motifs is 2. The quantitative estimate of drug-likeness (QED) is 0.342. The van der Waals surface area contributed by atoms with Gasteiger partial charge in [-0.1, -0.05) is 0 Å². The molecule has 202 valence electrons. The third kappa shape index (κ3) is 4.45. The molecule has 9 nitrogen and oxygen atoms in total. The van der Waals surface area contributed by atoms with Gasteiger partial charge in [0.05, 0.1) is 18.2 Å². The smallest absolute Gasteiger partial charge is 0.420 e. The highest BCUT2D eigenvalue weighted by molar-refractivity contribution is 5.93. The van der Waals surface area contributed by atoms with Crippen LogP contribution in [0.5, 0.6) is 23.0 Å². The van der Waals surface area contributed by atoms with Gasteiger partial charge in [0, 0.05) is 35.3 Å². The Kier molecular flexibility index (Phi) is 5.59. The van der Waals surface area contributed by atoms with Gasteiger partial charge >= 0.3 is 12.2 Å². The van der Waals surface area contributed by atoms with Crippen LogP contribution in [0.1, 0.15) is 35.4 Å². The number of rotatable bonds is 6. The third-order valence-corrected chi connectivity index (χ3v) is 7.45. The number of aromatic nitrogens is 1. The number of urea groups is 1. The average molecular weight is 540 g/mol. The summed E-state index contributed by atoms with van der Waals surface area (Å²) in [5.41, 5.74) is -0.220. The highest BCUT2D eigenvalue weighted by atomic mass is 19.4. The van der Waals surface area contributed by atoms with Gasteiger partial charge in [-0.2, -0.15) is 13.2 Å². The van der Waals surface area contributed by atoms with Crippen molar-refractivity contribution in [2.45, 2.75) is 36.9 Å². The van der Waals surface area contributed by atoms with E-state index in [1.54, 1.807) is 18.2 Å². The SMILES string of the molecule is COc1ccc(NC(=O)N[C@@]23C[C@H]2[C@H]3c2cc(Oc3ccnc4c3CCC(=O)N4)ccc2O)cc1C(F)(F)F. The van der Waals surface area contributed by atoms with Crippen molar-refractivity contribution < 1.29 is 37.3 Å². The van der Waals surface area contributed by atoms with Gasteiger partial charge in [-0.15, -0.1) is 0 Å². The second kappa shape index (κ2) is 8.79. The molecule has 2 heterocycles. The van der Waals surface area contributed by atoms with E-state index in [2.05, 4.69) is 20.9 Å². The second-order valence-electron chi connectivity index (χ2n) is 9.83. The van der Waals surface area contributed by atoms with Gasteiger partial charge in [-0.3, -0.25) is 4.79 Å². The number of aromatic hydroxyl groups is 1. The molecule has 2 fully saturated rings. The standard InChI is InChI=1S/C27H23F3N4O5/c1-38-21-6-2-13(10-17(21)27(28,29)30)32-25(37)34-26-12-18(26)23(26)16-11-14(3-5-19(16)35)39-20-8-9-31-24-15(20)4-7-22(36)33-24/h2-3,5-6,8-11,18,23,35H,4,7,12H2,1H3,(H,31,33,36)(H2,32,34,37)/t18-,23+,26-/m0/s1. The molecule has 6 rings (SSSR count). The molecular formula is C27H23F3N4O5. The van der Waals surface area contributed by atoms with Crippen LogP contribution < -0.4 is 25.4 Å². The number of nitrogens with one attached hydrogen (secondary N) is 3. The third-order valence-electron chi connectivity index (χ3n) is 7.45. The van der Waals surface area contributed by atoms with Crippen molar-refractivity contribution in [3.8, 4) is 23.0 Å². The summed E-state index contributed by atoms with van der Waals surface area (Å²) in [4.78, 5) is 28.6. The fraction of sp³-hybridized carbons (Fsp3) is 0.296. The number of hydrogen-bond donors (Lipinski definition) is 4. The Balaban J connectivity index is 1.15. The van der Waals surface area contributed by atoms with E-state index >= 15 is 0 Å². The lowest BCUT2D eigenvalue weighted by atomic mass is 9.99. The van der Waals surface area contributed by atoms with Gasteiger partial charge in [0.1, 0.15) is 28.8 Å². The van der Waals surface area contributed by atoms with Crippen molar-refractivity contribution in [3.63, 3.8) is 0 Å². The Labute approximate surface area is 220 Å². The molecule has 4 N–H and O–H groups in total. The van der Waals surface area contributed by atoms with Gasteiger partial charge in [-0.05, 0) is 61.2 Å². The normalized spacial score (nSPS) is 22.6. The van der Waals surface area contributed by atoms with Crippen LogP contribution in [0.15, 0.2) is 48.7 Å². The first kappa shape index (κ1) is 24.8. The number of carbonyl (C=O) groups is 2. The molecule has 0 unspecified atom stereocenters. The number of phenols is 1. The molecule has 3 atom stereocenters. The highest BCUT2D eigenvalue weighted by Gasteiger charge is 2.80. The van der Waals surface area contributed by atoms with Crippen LogP contribution in [-0.4, -0.2) is 34.7 Å². The summed E-state index contributed by atoms with van der Waals surface area (Å²) < 4.78 is 50.8. The molecule has 2 aromatic carbocycles. The number of phenolic OH excluding ortho intramolecular Hbond substituents is 1. The molecule has 0 spiro atoms. The van der Waals surface area contributed by atoms with Gasteiger partial charge in [0.15, 0.2) is 0 Å². The van der Waals surface area contributed by atoms with Crippen molar-refractivity contribution in [3.05, 3.63) is 65.4 Å². The van der Waals surface area contributed by atoms with E-state index < -0.39 is 23.3 Å². The van der Waals surface area contributed by atoms with E-state index in [-0.39, 0.29) is 34.9 Å². The van der Waals surface area contributed by atoms with Crippen molar-refractivity contribution in [1.82, 2.24) is 10.3 Å². The summed E-state index contributed by atoms with van der Waals surface area (Å²) in [6, 6.07) is 9.20. The molecule has 2 aliphatic carbocycles. The molecule has 3 aromatic rings. The van der Waals surface area contributed by atoms with Crippen LogP contribution in [0.2, 0.25) is 0 Å². The van der Waals surface area contributed by atoms with Crippen molar-refractivity contribution in [1.29, 1.82) is 0 Å². The number of benzene rings is 2. The summed E-state index contributed by atoms with van der Waals surface area (Å²) >= 11 is 0. The minimum absolute atomic E-state index is 0.0263. The molecule has 3 aliphatic rings. The number of hydrogen-bond acceptors (Lipinski definition) is 6. The maximum atomic E-state index is 13.3. The maximum Gasteiger partial charge on any atom is 0.420 e. The molecule has 3 amide bonds. The lowest BCUT2D eigenvalue weighted by Gasteiger charge is -2.20. The van der Waals surface area contributed by atoms with E-state index in [0.29, 0.717) is 42.1 Å². The zero-order valence-corrected chi connectivity index (χ0v) is 20.6. The fourth-order valence-electron chi connectivity index (χ4n) is 5.33. The molecule has 0 bridgehead atoms. The summed E-state index contributed by atoms with van der Waals surface area (Å²) in [6.45, 7) is 0. The monoisotopic (exact) mass is 540 g/mol. The second-order valence-corrected chi connectivity index (χ2v) is 9.83. The van der Waals surface area contributed by atoms with E-state index in [9.17, 15) is 27.9 Å².